The number of carbonyl (C=O) groups excluding carboxylic acids is 1. The smallest absolute Gasteiger partial charge is 0.406 e. The van der Waals surface area contributed by atoms with Crippen LogP contribution in [0.1, 0.15) is 57.2 Å². The van der Waals surface area contributed by atoms with E-state index in [9.17, 15) is 31.1 Å². The van der Waals surface area contributed by atoms with E-state index in [0.29, 0.717) is 12.1 Å². The SMILES string of the molecule is CC(C)CNC(=O)[C@@]1(OCc2cccc(C(F)(F)F)c2)C[C@H](OCc2cccc(OC(F)(F)F)c2)[C@@H]2OC(C)(C)O[C@@H]2C1. The van der Waals surface area contributed by atoms with Gasteiger partial charge in [-0.15, -0.1) is 13.2 Å². The summed E-state index contributed by atoms with van der Waals surface area (Å²) in [4.78, 5) is 13.7. The highest BCUT2D eigenvalue weighted by atomic mass is 19.4. The lowest BCUT2D eigenvalue weighted by molar-refractivity contribution is -0.274. The largest absolute Gasteiger partial charge is 0.573 e. The number of hydrogen-bond acceptors (Lipinski definition) is 6. The van der Waals surface area contributed by atoms with E-state index in [-0.39, 0.29) is 37.5 Å². The van der Waals surface area contributed by atoms with Crippen molar-refractivity contribution in [2.45, 2.75) is 96.0 Å². The molecule has 1 saturated carbocycles. The molecule has 0 spiro atoms. The lowest BCUT2D eigenvalue weighted by Crippen LogP contribution is -2.60. The summed E-state index contributed by atoms with van der Waals surface area (Å²) in [6.45, 7) is 7.09. The van der Waals surface area contributed by atoms with Gasteiger partial charge in [-0.1, -0.05) is 38.1 Å². The quantitative estimate of drug-likeness (QED) is 0.305. The molecule has 1 aliphatic heterocycles. The maximum absolute atomic E-state index is 13.7. The molecule has 0 aromatic heterocycles. The van der Waals surface area contributed by atoms with Gasteiger partial charge in [-0.2, -0.15) is 13.2 Å². The van der Waals surface area contributed by atoms with E-state index >= 15 is 0 Å². The van der Waals surface area contributed by atoms with Crippen LogP contribution in [0.4, 0.5) is 26.3 Å². The van der Waals surface area contributed by atoms with Gasteiger partial charge in [0.1, 0.15) is 11.9 Å². The number of rotatable bonds is 10. The molecule has 2 aliphatic rings. The highest BCUT2D eigenvalue weighted by Gasteiger charge is 2.58. The number of benzene rings is 2. The minimum absolute atomic E-state index is 0.0404. The van der Waals surface area contributed by atoms with Crippen molar-refractivity contribution < 1.29 is 54.8 Å². The maximum Gasteiger partial charge on any atom is 0.573 e. The first-order valence-corrected chi connectivity index (χ1v) is 13.8. The third kappa shape index (κ3) is 8.84. The molecule has 0 radical (unpaired) electrons. The number of halogens is 6. The molecule has 1 aliphatic carbocycles. The van der Waals surface area contributed by atoms with Crippen LogP contribution < -0.4 is 10.1 Å². The van der Waals surface area contributed by atoms with Gasteiger partial charge in [-0.3, -0.25) is 4.79 Å². The van der Waals surface area contributed by atoms with Crippen molar-refractivity contribution in [2.75, 3.05) is 6.54 Å². The fourth-order valence-corrected chi connectivity index (χ4v) is 5.26. The van der Waals surface area contributed by atoms with E-state index in [1.165, 1.54) is 24.3 Å². The second-order valence-electron chi connectivity index (χ2n) is 11.7. The predicted octanol–water partition coefficient (Wildman–Crippen LogP) is 6.53. The summed E-state index contributed by atoms with van der Waals surface area (Å²) in [7, 11) is 0. The number of hydrogen-bond donors (Lipinski definition) is 1. The van der Waals surface area contributed by atoms with Gasteiger partial charge in [0.2, 0.25) is 0 Å². The zero-order chi connectivity index (χ0) is 31.6. The highest BCUT2D eigenvalue weighted by molar-refractivity contribution is 5.85. The molecule has 2 aromatic carbocycles. The van der Waals surface area contributed by atoms with Crippen molar-refractivity contribution in [1.82, 2.24) is 5.32 Å². The highest BCUT2D eigenvalue weighted by Crippen LogP contribution is 2.44. The number of fused-ring (bicyclic) bond motifs is 1. The Morgan fingerprint density at radius 1 is 0.977 bits per heavy atom. The molecule has 4 rings (SSSR count). The van der Waals surface area contributed by atoms with Crippen LogP contribution in [-0.4, -0.2) is 48.5 Å². The van der Waals surface area contributed by atoms with Gasteiger partial charge in [-0.05, 0) is 55.2 Å². The monoisotopic (exact) mass is 619 g/mol. The Balaban J connectivity index is 1.60. The Morgan fingerprint density at radius 2 is 1.65 bits per heavy atom. The number of alkyl halides is 6. The summed E-state index contributed by atoms with van der Waals surface area (Å²) in [5.41, 5.74) is -1.82. The molecular weight excluding hydrogens is 584 g/mol. The van der Waals surface area contributed by atoms with Gasteiger partial charge in [0.15, 0.2) is 11.4 Å². The molecule has 1 N–H and O–H groups in total. The average Bonchev–Trinajstić information content (AvgIpc) is 3.21. The van der Waals surface area contributed by atoms with E-state index in [0.717, 1.165) is 18.2 Å². The molecule has 1 amide bonds. The third-order valence-corrected chi connectivity index (χ3v) is 7.10. The first-order valence-electron chi connectivity index (χ1n) is 13.8. The second kappa shape index (κ2) is 12.6. The second-order valence-corrected chi connectivity index (χ2v) is 11.7. The molecule has 43 heavy (non-hydrogen) atoms. The topological polar surface area (TPSA) is 75.3 Å². The van der Waals surface area contributed by atoms with E-state index in [1.807, 2.05) is 13.8 Å². The Kier molecular flexibility index (Phi) is 9.70. The lowest BCUT2D eigenvalue weighted by atomic mass is 9.78. The molecular formula is C30H35F6NO6. The van der Waals surface area contributed by atoms with Gasteiger partial charge < -0.3 is 29.0 Å². The zero-order valence-electron chi connectivity index (χ0n) is 24.2. The van der Waals surface area contributed by atoms with Crippen LogP contribution in [0, 0.1) is 5.92 Å². The summed E-state index contributed by atoms with van der Waals surface area (Å²) < 4.78 is 107. The number of ether oxygens (including phenoxy) is 5. The standard InChI is InChI=1S/C30H35F6NO6/c1-18(2)15-37-26(38)28(40-17-19-7-5-9-21(11-19)29(31,32)33)13-23(25-24(14-28)42-27(3,4)43-25)39-16-20-8-6-10-22(12-20)41-30(34,35)36/h5-12,18,23-25H,13-17H2,1-4H3,(H,37,38)/t23-,24+,25-,28+/m0/s1. The Bertz CT molecular complexity index is 1270. The van der Waals surface area contributed by atoms with Crippen LogP contribution in [0.25, 0.3) is 0 Å². The van der Waals surface area contributed by atoms with E-state index in [1.54, 1.807) is 19.9 Å². The molecule has 2 fully saturated rings. The van der Waals surface area contributed by atoms with Gasteiger partial charge in [-0.25, -0.2) is 0 Å². The van der Waals surface area contributed by atoms with Gasteiger partial charge >= 0.3 is 12.5 Å². The first-order chi connectivity index (χ1) is 19.9. The summed E-state index contributed by atoms with van der Waals surface area (Å²) >= 11 is 0. The minimum Gasteiger partial charge on any atom is -0.406 e. The fourth-order valence-electron chi connectivity index (χ4n) is 5.26. The van der Waals surface area contributed by atoms with Crippen LogP contribution in [0.3, 0.4) is 0 Å². The van der Waals surface area contributed by atoms with Crippen molar-refractivity contribution in [3.05, 3.63) is 65.2 Å². The average molecular weight is 620 g/mol. The Morgan fingerprint density at radius 3 is 2.30 bits per heavy atom. The zero-order valence-corrected chi connectivity index (χ0v) is 24.2. The molecule has 7 nitrogen and oxygen atoms in total. The van der Waals surface area contributed by atoms with Crippen LogP contribution in [0.5, 0.6) is 5.75 Å². The van der Waals surface area contributed by atoms with Crippen LogP contribution >= 0.6 is 0 Å². The summed E-state index contributed by atoms with van der Waals surface area (Å²) in [5.74, 6) is -1.83. The van der Waals surface area contributed by atoms with E-state index in [4.69, 9.17) is 18.9 Å². The van der Waals surface area contributed by atoms with Crippen LogP contribution in [0.2, 0.25) is 0 Å². The Labute approximate surface area is 245 Å². The number of carbonyl (C=O) groups is 1. The van der Waals surface area contributed by atoms with Crippen molar-refractivity contribution in [2.24, 2.45) is 5.92 Å². The molecule has 13 heteroatoms. The molecule has 0 bridgehead atoms. The summed E-state index contributed by atoms with van der Waals surface area (Å²) in [6, 6.07) is 9.96. The number of nitrogens with one attached hydrogen (secondary N) is 1. The van der Waals surface area contributed by atoms with Crippen molar-refractivity contribution in [3.8, 4) is 5.75 Å². The molecule has 2 aromatic rings. The van der Waals surface area contributed by atoms with Gasteiger partial charge in [0.25, 0.3) is 5.91 Å². The fraction of sp³-hybridized carbons (Fsp3) is 0.567. The molecule has 4 atom stereocenters. The van der Waals surface area contributed by atoms with E-state index < -0.39 is 59.5 Å². The molecule has 0 unspecified atom stereocenters. The van der Waals surface area contributed by atoms with Crippen LogP contribution in [0.15, 0.2) is 48.5 Å². The summed E-state index contributed by atoms with van der Waals surface area (Å²) in [5, 5.41) is 2.87. The normalized spacial score (nSPS) is 25.4. The lowest BCUT2D eigenvalue weighted by Gasteiger charge is -2.43. The van der Waals surface area contributed by atoms with Gasteiger partial charge in [0, 0.05) is 19.4 Å². The minimum atomic E-state index is -4.86. The number of amides is 1. The third-order valence-electron chi connectivity index (χ3n) is 7.10. The van der Waals surface area contributed by atoms with Gasteiger partial charge in [0.05, 0.1) is 31.0 Å². The molecule has 238 valence electrons. The van der Waals surface area contributed by atoms with Crippen molar-refractivity contribution in [3.63, 3.8) is 0 Å². The Hall–Kier alpha value is -2.87. The van der Waals surface area contributed by atoms with Crippen molar-refractivity contribution in [1.29, 1.82) is 0 Å². The van der Waals surface area contributed by atoms with E-state index in [2.05, 4.69) is 10.1 Å². The maximum atomic E-state index is 13.7. The molecule has 1 heterocycles. The van der Waals surface area contributed by atoms with Crippen LogP contribution in [-0.2, 0) is 43.1 Å². The predicted molar refractivity (Wildman–Crippen MR) is 142 cm³/mol. The first kappa shape index (κ1) is 33.0. The summed E-state index contributed by atoms with van der Waals surface area (Å²) in [6.07, 6.45) is -11.6. The molecule has 1 saturated heterocycles. The van der Waals surface area contributed by atoms with Crippen molar-refractivity contribution >= 4 is 5.91 Å².